The molecule has 2 saturated heterocycles. The Morgan fingerprint density at radius 1 is 1.19 bits per heavy atom. The van der Waals surface area contributed by atoms with Gasteiger partial charge in [-0.25, -0.2) is 9.78 Å². The summed E-state index contributed by atoms with van der Waals surface area (Å²) in [6.07, 6.45) is 9.37. The van der Waals surface area contributed by atoms with Gasteiger partial charge in [-0.1, -0.05) is 6.42 Å². The molecular weight excluding hydrogens is 332 g/mol. The van der Waals surface area contributed by atoms with Crippen LogP contribution < -0.4 is 5.69 Å². The van der Waals surface area contributed by atoms with Crippen LogP contribution >= 0.6 is 0 Å². The normalized spacial score (nSPS) is 26.4. The summed E-state index contributed by atoms with van der Waals surface area (Å²) in [4.78, 5) is 45.0. The summed E-state index contributed by atoms with van der Waals surface area (Å²) in [6, 6.07) is 1.64. The predicted octanol–water partition coefficient (Wildman–Crippen LogP) is 0.885. The van der Waals surface area contributed by atoms with Gasteiger partial charge in [0.25, 0.3) is 0 Å². The second kappa shape index (κ2) is 6.85. The van der Waals surface area contributed by atoms with Gasteiger partial charge in [-0.15, -0.1) is 0 Å². The van der Waals surface area contributed by atoms with Crippen LogP contribution in [-0.4, -0.2) is 57.3 Å². The maximum Gasteiger partial charge on any atom is 0.347 e. The van der Waals surface area contributed by atoms with Crippen molar-refractivity contribution in [3.63, 3.8) is 0 Å². The number of rotatable bonds is 4. The molecule has 0 unspecified atom stereocenters. The first kappa shape index (κ1) is 17.2. The van der Waals surface area contributed by atoms with E-state index in [4.69, 9.17) is 0 Å². The van der Waals surface area contributed by atoms with E-state index in [0.717, 1.165) is 32.4 Å². The van der Waals surface area contributed by atoms with Gasteiger partial charge >= 0.3 is 5.69 Å². The van der Waals surface area contributed by atoms with Crippen molar-refractivity contribution in [3.8, 4) is 0 Å². The molecule has 7 nitrogen and oxygen atoms in total. The zero-order chi connectivity index (χ0) is 18.1. The number of amides is 2. The summed E-state index contributed by atoms with van der Waals surface area (Å²) >= 11 is 0. The van der Waals surface area contributed by atoms with Crippen LogP contribution in [0.3, 0.4) is 0 Å². The Morgan fingerprint density at radius 3 is 2.77 bits per heavy atom. The Bertz CT molecular complexity index is 757. The molecule has 0 radical (unpaired) electrons. The SMILES string of the molecule is O=C(Cn1cccnc1=O)N1CC[C@]2(CCCN(CC3CCC3)C2=O)C1. The van der Waals surface area contributed by atoms with Crippen LogP contribution in [0, 0.1) is 11.3 Å². The molecule has 0 aromatic carbocycles. The van der Waals surface area contributed by atoms with Crippen molar-refractivity contribution in [2.45, 2.75) is 45.1 Å². The minimum Gasteiger partial charge on any atom is -0.342 e. The molecule has 0 N–H and O–H groups in total. The second-order valence-electron chi connectivity index (χ2n) is 8.03. The molecule has 1 atom stereocenters. The zero-order valence-corrected chi connectivity index (χ0v) is 15.1. The van der Waals surface area contributed by atoms with Crippen molar-refractivity contribution < 1.29 is 9.59 Å². The van der Waals surface area contributed by atoms with Crippen LogP contribution in [0.5, 0.6) is 0 Å². The smallest absolute Gasteiger partial charge is 0.342 e. The Labute approximate surface area is 153 Å². The fourth-order valence-corrected chi connectivity index (χ4v) is 4.53. The van der Waals surface area contributed by atoms with Gasteiger partial charge in [0, 0.05) is 38.6 Å². The van der Waals surface area contributed by atoms with Crippen LogP contribution in [0.4, 0.5) is 0 Å². The largest absolute Gasteiger partial charge is 0.347 e. The molecule has 0 bridgehead atoms. The monoisotopic (exact) mass is 358 g/mol. The van der Waals surface area contributed by atoms with Crippen molar-refractivity contribution in [1.29, 1.82) is 0 Å². The van der Waals surface area contributed by atoms with Crippen LogP contribution in [0.2, 0.25) is 0 Å². The van der Waals surface area contributed by atoms with E-state index in [1.54, 1.807) is 17.2 Å². The molecule has 2 aliphatic heterocycles. The third-order valence-electron chi connectivity index (χ3n) is 6.32. The lowest BCUT2D eigenvalue weighted by atomic mass is 9.77. The first-order valence-corrected chi connectivity index (χ1v) is 9.66. The highest BCUT2D eigenvalue weighted by atomic mass is 16.2. The molecule has 1 spiro atoms. The van der Waals surface area contributed by atoms with Crippen molar-refractivity contribution in [2.75, 3.05) is 26.2 Å². The van der Waals surface area contributed by atoms with E-state index in [1.165, 1.54) is 30.0 Å². The van der Waals surface area contributed by atoms with E-state index in [2.05, 4.69) is 4.98 Å². The maximum absolute atomic E-state index is 13.1. The lowest BCUT2D eigenvalue weighted by Crippen LogP contribution is -2.52. The highest BCUT2D eigenvalue weighted by Crippen LogP contribution is 2.41. The molecule has 3 fully saturated rings. The van der Waals surface area contributed by atoms with E-state index in [9.17, 15) is 14.4 Å². The third-order valence-corrected chi connectivity index (χ3v) is 6.32. The number of aromatic nitrogens is 2. The van der Waals surface area contributed by atoms with Crippen LogP contribution in [-0.2, 0) is 16.1 Å². The molecular formula is C19H26N4O3. The summed E-state index contributed by atoms with van der Waals surface area (Å²) in [5.74, 6) is 0.802. The number of carbonyl (C=O) groups is 2. The number of hydrogen-bond acceptors (Lipinski definition) is 4. The fourth-order valence-electron chi connectivity index (χ4n) is 4.53. The fraction of sp³-hybridized carbons (Fsp3) is 0.684. The first-order chi connectivity index (χ1) is 12.6. The Kier molecular flexibility index (Phi) is 4.54. The number of likely N-dealkylation sites (tertiary alicyclic amines) is 2. The Hall–Kier alpha value is -2.18. The summed E-state index contributed by atoms with van der Waals surface area (Å²) in [6.45, 7) is 2.82. The van der Waals surface area contributed by atoms with Crippen LogP contribution in [0.25, 0.3) is 0 Å². The van der Waals surface area contributed by atoms with Crippen molar-refractivity contribution in [2.24, 2.45) is 11.3 Å². The van der Waals surface area contributed by atoms with Gasteiger partial charge in [0.05, 0.1) is 5.41 Å². The molecule has 3 aliphatic rings. The molecule has 1 aromatic rings. The molecule has 1 aliphatic carbocycles. The Morgan fingerprint density at radius 2 is 2.04 bits per heavy atom. The topological polar surface area (TPSA) is 75.5 Å². The molecule has 140 valence electrons. The average molecular weight is 358 g/mol. The second-order valence-corrected chi connectivity index (χ2v) is 8.03. The van der Waals surface area contributed by atoms with Gasteiger partial charge in [-0.2, -0.15) is 0 Å². The zero-order valence-electron chi connectivity index (χ0n) is 15.1. The summed E-state index contributed by atoms with van der Waals surface area (Å²) in [5, 5.41) is 0. The number of nitrogens with zero attached hydrogens (tertiary/aromatic N) is 4. The van der Waals surface area contributed by atoms with Gasteiger partial charge in [0.15, 0.2) is 0 Å². The minimum atomic E-state index is -0.421. The highest BCUT2D eigenvalue weighted by molar-refractivity contribution is 5.86. The summed E-state index contributed by atoms with van der Waals surface area (Å²) in [7, 11) is 0. The van der Waals surface area contributed by atoms with Gasteiger partial charge in [-0.3, -0.25) is 14.2 Å². The quantitative estimate of drug-likeness (QED) is 0.801. The molecule has 1 aromatic heterocycles. The predicted molar refractivity (Wildman–Crippen MR) is 95.3 cm³/mol. The van der Waals surface area contributed by atoms with Crippen molar-refractivity contribution in [3.05, 3.63) is 28.9 Å². The lowest BCUT2D eigenvalue weighted by molar-refractivity contribution is -0.147. The molecule has 2 amide bonds. The average Bonchev–Trinajstić information content (AvgIpc) is 3.02. The van der Waals surface area contributed by atoms with Crippen LogP contribution in [0.1, 0.15) is 38.5 Å². The number of piperidine rings is 1. The molecule has 4 rings (SSSR count). The van der Waals surface area contributed by atoms with Crippen molar-refractivity contribution in [1.82, 2.24) is 19.4 Å². The van der Waals surface area contributed by atoms with Crippen molar-refractivity contribution >= 4 is 11.8 Å². The Balaban J connectivity index is 1.41. The molecule has 1 saturated carbocycles. The maximum atomic E-state index is 13.1. The van der Waals surface area contributed by atoms with Gasteiger partial charge in [-0.05, 0) is 44.1 Å². The number of hydrogen-bond donors (Lipinski definition) is 0. The van der Waals surface area contributed by atoms with Gasteiger partial charge < -0.3 is 9.80 Å². The standard InChI is InChI=1S/C19H26N4O3/c24-16(13-22-10-3-8-20-18(22)26)23-11-7-19(14-23)6-2-9-21(17(19)25)12-15-4-1-5-15/h3,8,10,15H,1-2,4-7,9,11-14H2/t19-/m1/s1. The highest BCUT2D eigenvalue weighted by Gasteiger charge is 2.49. The van der Waals surface area contributed by atoms with E-state index in [-0.39, 0.29) is 18.4 Å². The summed E-state index contributed by atoms with van der Waals surface area (Å²) in [5.41, 5.74) is -0.826. The van der Waals surface area contributed by atoms with Gasteiger partial charge in [0.1, 0.15) is 6.54 Å². The van der Waals surface area contributed by atoms with Gasteiger partial charge in [0.2, 0.25) is 11.8 Å². The molecule has 3 heterocycles. The summed E-state index contributed by atoms with van der Waals surface area (Å²) < 4.78 is 1.32. The molecule has 26 heavy (non-hydrogen) atoms. The number of carbonyl (C=O) groups excluding carboxylic acids is 2. The van der Waals surface area contributed by atoms with Crippen LogP contribution in [0.15, 0.2) is 23.3 Å². The lowest BCUT2D eigenvalue weighted by Gasteiger charge is -2.42. The first-order valence-electron chi connectivity index (χ1n) is 9.66. The third kappa shape index (κ3) is 3.15. The van der Waals surface area contributed by atoms with E-state index < -0.39 is 11.1 Å². The minimum absolute atomic E-state index is 0.0112. The van der Waals surface area contributed by atoms with E-state index in [1.807, 2.05) is 4.90 Å². The van der Waals surface area contributed by atoms with E-state index in [0.29, 0.717) is 19.0 Å². The molecule has 7 heteroatoms. The van der Waals surface area contributed by atoms with E-state index >= 15 is 0 Å².